The SMILES string of the molecule is Cc1nc2ccc(-c3ccnc(C(O)CN)n3)cc2[nH]1. The fourth-order valence-electron chi connectivity index (χ4n) is 2.10. The van der Waals surface area contributed by atoms with Gasteiger partial charge in [0.1, 0.15) is 11.9 Å². The molecule has 0 spiro atoms. The van der Waals surface area contributed by atoms with Crippen LogP contribution in [0.25, 0.3) is 22.3 Å². The number of aromatic nitrogens is 4. The van der Waals surface area contributed by atoms with E-state index >= 15 is 0 Å². The third-order valence-electron chi connectivity index (χ3n) is 3.09. The van der Waals surface area contributed by atoms with Crippen LogP contribution >= 0.6 is 0 Å². The van der Waals surface area contributed by atoms with Gasteiger partial charge >= 0.3 is 0 Å². The summed E-state index contributed by atoms with van der Waals surface area (Å²) in [7, 11) is 0. The van der Waals surface area contributed by atoms with Crippen molar-refractivity contribution in [3.8, 4) is 11.3 Å². The number of fused-ring (bicyclic) bond motifs is 1. The molecule has 102 valence electrons. The summed E-state index contributed by atoms with van der Waals surface area (Å²) in [5.74, 6) is 1.21. The molecule has 4 N–H and O–H groups in total. The number of H-pyrrole nitrogens is 1. The van der Waals surface area contributed by atoms with E-state index < -0.39 is 6.10 Å². The second-order valence-corrected chi connectivity index (χ2v) is 4.61. The zero-order valence-electron chi connectivity index (χ0n) is 11.0. The van der Waals surface area contributed by atoms with E-state index in [4.69, 9.17) is 5.73 Å². The van der Waals surface area contributed by atoms with Gasteiger partial charge in [0.25, 0.3) is 0 Å². The molecule has 0 amide bonds. The van der Waals surface area contributed by atoms with Crippen LogP contribution in [0.5, 0.6) is 0 Å². The van der Waals surface area contributed by atoms with Gasteiger partial charge in [0.05, 0.1) is 16.7 Å². The Morgan fingerprint density at radius 1 is 1.30 bits per heavy atom. The first-order valence-electron chi connectivity index (χ1n) is 6.35. The van der Waals surface area contributed by atoms with Crippen LogP contribution in [0.2, 0.25) is 0 Å². The van der Waals surface area contributed by atoms with Crippen molar-refractivity contribution < 1.29 is 5.11 Å². The van der Waals surface area contributed by atoms with Gasteiger partial charge in [-0.1, -0.05) is 6.07 Å². The summed E-state index contributed by atoms with van der Waals surface area (Å²) in [5.41, 5.74) is 8.99. The normalized spacial score (nSPS) is 12.8. The Morgan fingerprint density at radius 2 is 2.15 bits per heavy atom. The second-order valence-electron chi connectivity index (χ2n) is 4.61. The predicted octanol–water partition coefficient (Wildman–Crippen LogP) is 1.32. The third-order valence-corrected chi connectivity index (χ3v) is 3.09. The van der Waals surface area contributed by atoms with Gasteiger partial charge in [-0.15, -0.1) is 0 Å². The zero-order chi connectivity index (χ0) is 14.1. The lowest BCUT2D eigenvalue weighted by Crippen LogP contribution is -2.14. The van der Waals surface area contributed by atoms with Gasteiger partial charge in [0, 0.05) is 18.3 Å². The molecule has 3 aromatic rings. The molecule has 0 bridgehead atoms. The zero-order valence-corrected chi connectivity index (χ0v) is 11.0. The number of hydrogen-bond donors (Lipinski definition) is 3. The summed E-state index contributed by atoms with van der Waals surface area (Å²) in [6.45, 7) is 2.02. The van der Waals surface area contributed by atoms with E-state index in [9.17, 15) is 5.11 Å². The van der Waals surface area contributed by atoms with Crippen molar-refractivity contribution in [2.45, 2.75) is 13.0 Å². The molecule has 1 aromatic carbocycles. The van der Waals surface area contributed by atoms with E-state index in [2.05, 4.69) is 19.9 Å². The predicted molar refractivity (Wildman–Crippen MR) is 75.9 cm³/mol. The molecule has 6 nitrogen and oxygen atoms in total. The Kier molecular flexibility index (Phi) is 3.17. The van der Waals surface area contributed by atoms with Gasteiger partial charge in [0.2, 0.25) is 0 Å². The fraction of sp³-hybridized carbons (Fsp3) is 0.214. The van der Waals surface area contributed by atoms with Crippen LogP contribution < -0.4 is 5.73 Å². The summed E-state index contributed by atoms with van der Waals surface area (Å²) in [6.07, 6.45) is 0.784. The Hall–Kier alpha value is -2.31. The highest BCUT2D eigenvalue weighted by Gasteiger charge is 2.10. The maximum absolute atomic E-state index is 9.71. The van der Waals surface area contributed by atoms with Crippen LogP contribution in [0.15, 0.2) is 30.5 Å². The number of nitrogens with zero attached hydrogens (tertiary/aromatic N) is 3. The number of aryl methyl sites for hydroxylation is 1. The highest BCUT2D eigenvalue weighted by Crippen LogP contribution is 2.22. The van der Waals surface area contributed by atoms with Crippen molar-refractivity contribution in [3.05, 3.63) is 42.1 Å². The number of aliphatic hydroxyl groups is 1. The van der Waals surface area contributed by atoms with Crippen LogP contribution in [-0.4, -0.2) is 31.6 Å². The largest absolute Gasteiger partial charge is 0.384 e. The lowest BCUT2D eigenvalue weighted by molar-refractivity contribution is 0.176. The van der Waals surface area contributed by atoms with Crippen molar-refractivity contribution in [2.24, 2.45) is 5.73 Å². The van der Waals surface area contributed by atoms with Gasteiger partial charge in [-0.2, -0.15) is 0 Å². The highest BCUT2D eigenvalue weighted by atomic mass is 16.3. The molecule has 0 fully saturated rings. The number of rotatable bonds is 3. The van der Waals surface area contributed by atoms with Crippen LogP contribution in [0.3, 0.4) is 0 Å². The van der Waals surface area contributed by atoms with Crippen molar-refractivity contribution in [1.82, 2.24) is 19.9 Å². The van der Waals surface area contributed by atoms with Gasteiger partial charge in [-0.25, -0.2) is 15.0 Å². The van der Waals surface area contributed by atoms with E-state index in [0.717, 1.165) is 28.1 Å². The Labute approximate surface area is 115 Å². The van der Waals surface area contributed by atoms with Gasteiger partial charge in [-0.05, 0) is 25.1 Å². The number of hydrogen-bond acceptors (Lipinski definition) is 5. The van der Waals surface area contributed by atoms with Gasteiger partial charge < -0.3 is 15.8 Å². The smallest absolute Gasteiger partial charge is 0.158 e. The number of benzene rings is 1. The maximum atomic E-state index is 9.71. The van der Waals surface area contributed by atoms with Crippen LogP contribution in [-0.2, 0) is 0 Å². The number of imidazole rings is 1. The van der Waals surface area contributed by atoms with Gasteiger partial charge in [-0.3, -0.25) is 0 Å². The number of nitrogens with two attached hydrogens (primary N) is 1. The molecule has 20 heavy (non-hydrogen) atoms. The van der Waals surface area contributed by atoms with E-state index in [1.807, 2.05) is 25.1 Å². The van der Waals surface area contributed by atoms with Crippen LogP contribution in [0.4, 0.5) is 0 Å². The first-order valence-corrected chi connectivity index (χ1v) is 6.35. The van der Waals surface area contributed by atoms with Crippen molar-refractivity contribution >= 4 is 11.0 Å². The number of aliphatic hydroxyl groups excluding tert-OH is 1. The van der Waals surface area contributed by atoms with E-state index in [1.54, 1.807) is 12.3 Å². The Morgan fingerprint density at radius 3 is 2.95 bits per heavy atom. The molecule has 0 aliphatic carbocycles. The Balaban J connectivity index is 2.05. The lowest BCUT2D eigenvalue weighted by Gasteiger charge is -2.07. The summed E-state index contributed by atoms with van der Waals surface area (Å²) >= 11 is 0. The summed E-state index contributed by atoms with van der Waals surface area (Å²) in [4.78, 5) is 15.9. The second kappa shape index (κ2) is 4.99. The molecule has 2 aromatic heterocycles. The van der Waals surface area contributed by atoms with Crippen LogP contribution in [0.1, 0.15) is 17.8 Å². The minimum atomic E-state index is -0.840. The van der Waals surface area contributed by atoms with E-state index in [-0.39, 0.29) is 6.54 Å². The third kappa shape index (κ3) is 2.26. The first kappa shape index (κ1) is 12.7. The minimum absolute atomic E-state index is 0.0994. The monoisotopic (exact) mass is 269 g/mol. The standard InChI is InChI=1S/C14H15N5O/c1-8-17-11-3-2-9(6-12(11)18-8)10-4-5-16-14(19-10)13(20)7-15/h2-6,13,20H,7,15H2,1H3,(H,17,18). The molecule has 6 heteroatoms. The van der Waals surface area contributed by atoms with E-state index in [1.165, 1.54) is 0 Å². The average Bonchev–Trinajstić information content (AvgIpc) is 2.85. The molecular weight excluding hydrogens is 254 g/mol. The van der Waals surface area contributed by atoms with E-state index in [0.29, 0.717) is 5.82 Å². The highest BCUT2D eigenvalue weighted by molar-refractivity contribution is 5.81. The molecule has 0 aliphatic rings. The minimum Gasteiger partial charge on any atom is -0.384 e. The van der Waals surface area contributed by atoms with Crippen molar-refractivity contribution in [3.63, 3.8) is 0 Å². The van der Waals surface area contributed by atoms with Crippen molar-refractivity contribution in [1.29, 1.82) is 0 Å². The molecule has 0 saturated carbocycles. The molecule has 1 atom stereocenters. The summed E-state index contributed by atoms with van der Waals surface area (Å²) in [5, 5.41) is 9.71. The molecular formula is C14H15N5O. The lowest BCUT2D eigenvalue weighted by atomic mass is 10.1. The molecule has 0 radical (unpaired) electrons. The summed E-state index contributed by atoms with van der Waals surface area (Å²) in [6, 6.07) is 7.67. The molecule has 1 unspecified atom stereocenters. The Bertz CT molecular complexity index is 752. The summed E-state index contributed by atoms with van der Waals surface area (Å²) < 4.78 is 0. The van der Waals surface area contributed by atoms with Crippen LogP contribution in [0, 0.1) is 6.92 Å². The van der Waals surface area contributed by atoms with Gasteiger partial charge in [0.15, 0.2) is 5.82 Å². The maximum Gasteiger partial charge on any atom is 0.158 e. The quantitative estimate of drug-likeness (QED) is 0.665. The molecule has 0 aliphatic heterocycles. The molecule has 0 saturated heterocycles. The fourth-order valence-corrected chi connectivity index (χ4v) is 2.10. The first-order chi connectivity index (χ1) is 9.67. The molecule has 2 heterocycles. The molecule has 3 rings (SSSR count). The number of aromatic amines is 1. The van der Waals surface area contributed by atoms with Crippen molar-refractivity contribution in [2.75, 3.05) is 6.54 Å². The number of nitrogens with one attached hydrogen (secondary N) is 1. The average molecular weight is 269 g/mol. The topological polar surface area (TPSA) is 101 Å².